The van der Waals surface area contributed by atoms with Gasteiger partial charge in [-0.25, -0.2) is 0 Å². The molecular formula is C12H18ClNO. The summed E-state index contributed by atoms with van der Waals surface area (Å²) < 4.78 is 5.24. The minimum Gasteiger partial charge on any atom is -0.497 e. The van der Waals surface area contributed by atoms with Crippen molar-refractivity contribution >= 4 is 12.4 Å². The molecule has 1 aliphatic heterocycles. The molecular weight excluding hydrogens is 210 g/mol. The third-order valence-electron chi connectivity index (χ3n) is 3.14. The van der Waals surface area contributed by atoms with E-state index in [1.54, 1.807) is 7.11 Å². The fraction of sp³-hybridized carbons (Fsp3) is 0.500. The molecule has 15 heavy (non-hydrogen) atoms. The zero-order valence-electron chi connectivity index (χ0n) is 9.25. The predicted octanol–water partition coefficient (Wildman–Crippen LogP) is 2.37. The van der Waals surface area contributed by atoms with Gasteiger partial charge in [0, 0.05) is 12.0 Å². The lowest BCUT2D eigenvalue weighted by Gasteiger charge is -2.23. The summed E-state index contributed by atoms with van der Waals surface area (Å²) in [6.45, 7) is 4.50. The van der Waals surface area contributed by atoms with Gasteiger partial charge in [-0.15, -0.1) is 12.4 Å². The molecule has 1 N–H and O–H groups in total. The standard InChI is InChI=1S/C12H17NO.ClH/c1-12(6-7-13-9-12)10-4-3-5-11(8-10)14-2;/h3-5,8,13H,6-7,9H2,1-2H3;1H. The van der Waals surface area contributed by atoms with E-state index in [1.807, 2.05) is 6.07 Å². The number of ether oxygens (including phenoxy) is 1. The first-order valence-electron chi connectivity index (χ1n) is 5.10. The molecule has 2 rings (SSSR count). The van der Waals surface area contributed by atoms with Crippen molar-refractivity contribution in [2.45, 2.75) is 18.8 Å². The Morgan fingerprint density at radius 2 is 2.20 bits per heavy atom. The fourth-order valence-electron chi connectivity index (χ4n) is 2.06. The van der Waals surface area contributed by atoms with Crippen molar-refractivity contribution in [1.29, 1.82) is 0 Å². The highest BCUT2D eigenvalue weighted by atomic mass is 35.5. The van der Waals surface area contributed by atoms with Crippen molar-refractivity contribution in [3.05, 3.63) is 29.8 Å². The first-order chi connectivity index (χ1) is 6.74. The second-order valence-electron chi connectivity index (χ2n) is 4.22. The molecule has 1 saturated heterocycles. The van der Waals surface area contributed by atoms with Crippen LogP contribution in [0.15, 0.2) is 24.3 Å². The zero-order valence-corrected chi connectivity index (χ0v) is 10.1. The van der Waals surface area contributed by atoms with Gasteiger partial charge in [0.25, 0.3) is 0 Å². The SMILES string of the molecule is COc1cccc(C2(C)CCNC2)c1.Cl. The van der Waals surface area contributed by atoms with E-state index in [-0.39, 0.29) is 17.8 Å². The largest absolute Gasteiger partial charge is 0.497 e. The summed E-state index contributed by atoms with van der Waals surface area (Å²) in [5.41, 5.74) is 1.66. The van der Waals surface area contributed by atoms with Crippen molar-refractivity contribution in [3.8, 4) is 5.75 Å². The Balaban J connectivity index is 0.00000112. The first kappa shape index (κ1) is 12.3. The Morgan fingerprint density at radius 1 is 1.40 bits per heavy atom. The molecule has 0 aromatic heterocycles. The van der Waals surface area contributed by atoms with E-state index in [0.717, 1.165) is 18.8 Å². The minimum absolute atomic E-state index is 0. The van der Waals surface area contributed by atoms with Crippen LogP contribution in [0.4, 0.5) is 0 Å². The number of hydrogen-bond donors (Lipinski definition) is 1. The summed E-state index contributed by atoms with van der Waals surface area (Å²) in [6.07, 6.45) is 1.21. The summed E-state index contributed by atoms with van der Waals surface area (Å²) in [7, 11) is 1.72. The molecule has 84 valence electrons. The monoisotopic (exact) mass is 227 g/mol. The van der Waals surface area contributed by atoms with Crippen LogP contribution in [0.5, 0.6) is 5.75 Å². The van der Waals surface area contributed by atoms with Gasteiger partial charge in [0.05, 0.1) is 7.11 Å². The van der Waals surface area contributed by atoms with E-state index >= 15 is 0 Å². The van der Waals surface area contributed by atoms with Crippen LogP contribution in [0.25, 0.3) is 0 Å². The minimum atomic E-state index is 0. The molecule has 0 bridgehead atoms. The maximum Gasteiger partial charge on any atom is 0.119 e. The third kappa shape index (κ3) is 2.44. The Morgan fingerprint density at radius 3 is 2.80 bits per heavy atom. The molecule has 0 saturated carbocycles. The van der Waals surface area contributed by atoms with Crippen molar-refractivity contribution in [2.75, 3.05) is 20.2 Å². The van der Waals surface area contributed by atoms with Gasteiger partial charge in [-0.1, -0.05) is 19.1 Å². The van der Waals surface area contributed by atoms with Gasteiger partial charge >= 0.3 is 0 Å². The van der Waals surface area contributed by atoms with E-state index in [2.05, 4.69) is 30.4 Å². The van der Waals surface area contributed by atoms with Gasteiger partial charge in [0.2, 0.25) is 0 Å². The molecule has 0 aliphatic carbocycles. The maximum absolute atomic E-state index is 5.24. The van der Waals surface area contributed by atoms with Crippen molar-refractivity contribution in [3.63, 3.8) is 0 Å². The zero-order chi connectivity index (χ0) is 10.0. The van der Waals surface area contributed by atoms with Gasteiger partial charge < -0.3 is 10.1 Å². The highest BCUT2D eigenvalue weighted by molar-refractivity contribution is 5.85. The molecule has 2 nitrogen and oxygen atoms in total. The second kappa shape index (κ2) is 4.86. The Bertz CT molecular complexity index is 321. The number of benzene rings is 1. The lowest BCUT2D eigenvalue weighted by Crippen LogP contribution is -2.24. The predicted molar refractivity (Wildman–Crippen MR) is 65.1 cm³/mol. The number of methoxy groups -OCH3 is 1. The van der Waals surface area contributed by atoms with Crippen LogP contribution < -0.4 is 10.1 Å². The van der Waals surface area contributed by atoms with Crippen molar-refractivity contribution < 1.29 is 4.74 Å². The van der Waals surface area contributed by atoms with Gasteiger partial charge in [-0.3, -0.25) is 0 Å². The van der Waals surface area contributed by atoms with Gasteiger partial charge in [-0.05, 0) is 30.7 Å². The molecule has 1 heterocycles. The molecule has 3 heteroatoms. The van der Waals surface area contributed by atoms with E-state index in [0.29, 0.717) is 0 Å². The Labute approximate surface area is 97.4 Å². The normalized spacial score (nSPS) is 24.7. The third-order valence-corrected chi connectivity index (χ3v) is 3.14. The first-order valence-corrected chi connectivity index (χ1v) is 5.10. The Kier molecular flexibility index (Phi) is 4.00. The molecule has 0 amide bonds. The summed E-state index contributed by atoms with van der Waals surface area (Å²) >= 11 is 0. The van der Waals surface area contributed by atoms with E-state index < -0.39 is 0 Å². The molecule has 0 radical (unpaired) electrons. The van der Waals surface area contributed by atoms with E-state index in [1.165, 1.54) is 12.0 Å². The van der Waals surface area contributed by atoms with Gasteiger partial charge in [0.15, 0.2) is 0 Å². The van der Waals surface area contributed by atoms with Crippen molar-refractivity contribution in [1.82, 2.24) is 5.32 Å². The highest BCUT2D eigenvalue weighted by Crippen LogP contribution is 2.31. The van der Waals surface area contributed by atoms with Gasteiger partial charge in [-0.2, -0.15) is 0 Å². The van der Waals surface area contributed by atoms with Crippen LogP contribution in [-0.2, 0) is 5.41 Å². The Hall–Kier alpha value is -0.730. The molecule has 1 atom stereocenters. The molecule has 1 fully saturated rings. The van der Waals surface area contributed by atoms with Crippen LogP contribution in [0.3, 0.4) is 0 Å². The molecule has 1 aromatic carbocycles. The smallest absolute Gasteiger partial charge is 0.119 e. The topological polar surface area (TPSA) is 21.3 Å². The molecule has 1 aliphatic rings. The number of halogens is 1. The maximum atomic E-state index is 5.24. The average molecular weight is 228 g/mol. The lowest BCUT2D eigenvalue weighted by molar-refractivity contribution is 0.411. The molecule has 0 spiro atoms. The van der Waals surface area contributed by atoms with Crippen molar-refractivity contribution in [2.24, 2.45) is 0 Å². The summed E-state index contributed by atoms with van der Waals surface area (Å²) in [5.74, 6) is 0.954. The summed E-state index contributed by atoms with van der Waals surface area (Å²) in [6, 6.07) is 8.40. The van der Waals surface area contributed by atoms with Crippen LogP contribution in [-0.4, -0.2) is 20.2 Å². The fourth-order valence-corrected chi connectivity index (χ4v) is 2.06. The summed E-state index contributed by atoms with van der Waals surface area (Å²) in [5, 5.41) is 3.41. The molecule has 1 aromatic rings. The number of hydrogen-bond acceptors (Lipinski definition) is 2. The second-order valence-corrected chi connectivity index (χ2v) is 4.22. The van der Waals surface area contributed by atoms with Crippen LogP contribution >= 0.6 is 12.4 Å². The summed E-state index contributed by atoms with van der Waals surface area (Å²) in [4.78, 5) is 0. The van der Waals surface area contributed by atoms with E-state index in [9.17, 15) is 0 Å². The van der Waals surface area contributed by atoms with Crippen LogP contribution in [0.2, 0.25) is 0 Å². The highest BCUT2D eigenvalue weighted by Gasteiger charge is 2.30. The quantitative estimate of drug-likeness (QED) is 0.838. The average Bonchev–Trinajstić information content (AvgIpc) is 2.67. The van der Waals surface area contributed by atoms with E-state index in [4.69, 9.17) is 4.74 Å². The van der Waals surface area contributed by atoms with Gasteiger partial charge in [0.1, 0.15) is 5.75 Å². The molecule has 1 unspecified atom stereocenters. The number of rotatable bonds is 2. The van der Waals surface area contributed by atoms with Crippen LogP contribution in [0, 0.1) is 0 Å². The lowest BCUT2D eigenvalue weighted by atomic mass is 9.82. The van der Waals surface area contributed by atoms with Crippen LogP contribution in [0.1, 0.15) is 18.9 Å². The number of nitrogens with one attached hydrogen (secondary N) is 1.